The standard InChI is InChI=1S/C38H36N6O4/c1-7-23-18(2)29-14-33-24(8-10-34(45)46)19(3)28(42-33)13-30-20(4)25(9-11-35(47)48-6)37(43-30)27-12-26(22(16-39)17-40)36-21(5)31(44-38(27)36)15-32(23)41-29/h8,10,13-15,20,25,41-42H,7,9,11-12H2,1-6H3,(H,45,46)/b10-8-,28-13?,29-14?,30-13?,31-15?,32-15?,33-14?,37-27?/t20-,25-/m0/s1. The topological polar surface area (TPSA) is 169 Å². The minimum Gasteiger partial charge on any atom is -0.478 e. The number of H-pyrrole nitrogens is 2. The molecule has 3 aromatic rings. The largest absolute Gasteiger partial charge is 0.478 e. The maximum absolute atomic E-state index is 12.3. The molecule has 8 bridgehead atoms. The zero-order valence-corrected chi connectivity index (χ0v) is 27.8. The first kappa shape index (κ1) is 32.2. The van der Waals surface area contributed by atoms with Crippen LogP contribution in [-0.2, 0) is 27.2 Å². The maximum atomic E-state index is 12.3. The van der Waals surface area contributed by atoms with Gasteiger partial charge in [-0.2, -0.15) is 10.5 Å². The summed E-state index contributed by atoms with van der Waals surface area (Å²) in [6.07, 6.45) is 4.54. The molecular formula is C38H36N6O4. The van der Waals surface area contributed by atoms with Gasteiger partial charge < -0.3 is 19.8 Å². The first-order valence-corrected chi connectivity index (χ1v) is 16.0. The van der Waals surface area contributed by atoms with Crippen LogP contribution < -0.4 is 0 Å². The highest BCUT2D eigenvalue weighted by atomic mass is 16.5. The summed E-state index contributed by atoms with van der Waals surface area (Å²) in [7, 11) is 1.37. The van der Waals surface area contributed by atoms with Gasteiger partial charge in [-0.15, -0.1) is 0 Å². The number of nitriles is 2. The number of ether oxygens (including phenoxy) is 1. The lowest BCUT2D eigenvalue weighted by Gasteiger charge is -2.16. The van der Waals surface area contributed by atoms with Crippen LogP contribution in [0.2, 0.25) is 0 Å². The van der Waals surface area contributed by atoms with Crippen molar-refractivity contribution < 1.29 is 19.4 Å². The Labute approximate surface area is 278 Å². The van der Waals surface area contributed by atoms with E-state index in [1.54, 1.807) is 6.08 Å². The molecule has 3 aliphatic rings. The fourth-order valence-electron chi connectivity index (χ4n) is 7.32. The number of aryl methyl sites for hydroxylation is 3. The van der Waals surface area contributed by atoms with Crippen LogP contribution in [-0.4, -0.2) is 44.1 Å². The minimum absolute atomic E-state index is 0.0505. The molecule has 0 spiro atoms. The molecule has 10 heteroatoms. The summed E-state index contributed by atoms with van der Waals surface area (Å²) < 4.78 is 4.98. The van der Waals surface area contributed by atoms with Crippen molar-refractivity contribution in [2.45, 2.75) is 72.1 Å². The van der Waals surface area contributed by atoms with Crippen LogP contribution in [0.25, 0.3) is 39.3 Å². The molecule has 0 radical (unpaired) electrons. The maximum Gasteiger partial charge on any atom is 0.328 e. The molecule has 0 unspecified atom stereocenters. The second-order valence-corrected chi connectivity index (χ2v) is 12.5. The highest BCUT2D eigenvalue weighted by molar-refractivity contribution is 6.04. The number of aromatic amines is 2. The van der Waals surface area contributed by atoms with Gasteiger partial charge in [0, 0.05) is 75.2 Å². The number of hydrogen-bond acceptors (Lipinski definition) is 7. The van der Waals surface area contributed by atoms with Crippen LogP contribution in [0.15, 0.2) is 35.4 Å². The third-order valence-corrected chi connectivity index (χ3v) is 9.99. The number of methoxy groups -OCH3 is 1. The third kappa shape index (κ3) is 5.29. The van der Waals surface area contributed by atoms with Crippen molar-refractivity contribution in [2.24, 2.45) is 0 Å². The Bertz CT molecular complexity index is 2250. The Morgan fingerprint density at radius 2 is 1.75 bits per heavy atom. The number of aliphatic carboxylic acids is 1. The van der Waals surface area contributed by atoms with Crippen LogP contribution in [0.1, 0.15) is 96.0 Å². The summed E-state index contributed by atoms with van der Waals surface area (Å²) in [5, 5.41) is 29.4. The minimum atomic E-state index is -1.04. The molecule has 0 amide bonds. The van der Waals surface area contributed by atoms with Crippen molar-refractivity contribution in [3.8, 4) is 12.1 Å². The van der Waals surface area contributed by atoms with E-state index in [1.165, 1.54) is 7.11 Å². The van der Waals surface area contributed by atoms with Crippen LogP contribution in [0, 0.1) is 36.5 Å². The van der Waals surface area contributed by atoms with E-state index < -0.39 is 5.97 Å². The van der Waals surface area contributed by atoms with Crippen LogP contribution in [0.3, 0.4) is 0 Å². The molecule has 0 saturated heterocycles. The summed E-state index contributed by atoms with van der Waals surface area (Å²) in [5.74, 6) is -1.60. The Hall–Kier alpha value is -5.74. The summed E-state index contributed by atoms with van der Waals surface area (Å²) in [6.45, 7) is 10.2. The van der Waals surface area contributed by atoms with Gasteiger partial charge in [0.1, 0.15) is 17.7 Å². The average molecular weight is 641 g/mol. The van der Waals surface area contributed by atoms with Gasteiger partial charge in [0.05, 0.1) is 24.2 Å². The average Bonchev–Trinajstić information content (AvgIpc) is 3.82. The molecule has 0 aromatic carbocycles. The highest BCUT2D eigenvalue weighted by Gasteiger charge is 2.38. The smallest absolute Gasteiger partial charge is 0.328 e. The van der Waals surface area contributed by atoms with Crippen molar-refractivity contribution in [2.75, 3.05) is 7.11 Å². The Balaban J connectivity index is 1.79. The predicted molar refractivity (Wildman–Crippen MR) is 183 cm³/mol. The quantitative estimate of drug-likeness (QED) is 0.144. The third-order valence-electron chi connectivity index (χ3n) is 9.99. The molecule has 3 N–H and O–H groups in total. The molecule has 10 nitrogen and oxygen atoms in total. The van der Waals surface area contributed by atoms with E-state index in [0.29, 0.717) is 24.1 Å². The fourth-order valence-corrected chi connectivity index (χ4v) is 7.32. The number of hydrogen-bond donors (Lipinski definition) is 3. The number of esters is 1. The molecule has 48 heavy (non-hydrogen) atoms. The van der Waals surface area contributed by atoms with E-state index >= 15 is 0 Å². The lowest BCUT2D eigenvalue weighted by molar-refractivity contribution is -0.140. The summed E-state index contributed by atoms with van der Waals surface area (Å²) in [5.41, 5.74) is 13.4. The zero-order chi connectivity index (χ0) is 34.4. The number of carboxylic acid groups (broad SMARTS) is 1. The van der Waals surface area contributed by atoms with E-state index in [1.807, 2.05) is 32.0 Å². The fraction of sp³-hybridized carbons (Fsp3) is 0.316. The van der Waals surface area contributed by atoms with Crippen LogP contribution in [0.4, 0.5) is 0 Å². The number of carboxylic acids is 1. The number of nitrogens with one attached hydrogen (secondary N) is 2. The van der Waals surface area contributed by atoms with Gasteiger partial charge in [0.25, 0.3) is 0 Å². The molecule has 2 atom stereocenters. The Morgan fingerprint density at radius 1 is 1.04 bits per heavy atom. The molecule has 2 aliphatic heterocycles. The molecule has 0 fully saturated rings. The molecular weight excluding hydrogens is 604 g/mol. The SMILES string of the molecule is CCc1c(C)c2cc3[nH]c(cc4nc(c5c6nc(cc1[nH]2)C(C)=C6C(=C(C#N)C#N)C5)[C@@H](CCC(=O)OC)[C@@H]4C)c(C)c3/C=C\C(=O)O. The highest BCUT2D eigenvalue weighted by Crippen LogP contribution is 2.49. The number of aromatic nitrogens is 4. The van der Waals surface area contributed by atoms with Gasteiger partial charge in [-0.05, 0) is 85.7 Å². The van der Waals surface area contributed by atoms with Gasteiger partial charge in [-0.1, -0.05) is 13.8 Å². The predicted octanol–water partition coefficient (Wildman–Crippen LogP) is 7.26. The van der Waals surface area contributed by atoms with Gasteiger partial charge >= 0.3 is 11.9 Å². The number of fused-ring (bicyclic) bond motifs is 8. The monoisotopic (exact) mass is 640 g/mol. The molecule has 242 valence electrons. The van der Waals surface area contributed by atoms with Gasteiger partial charge in [-0.3, -0.25) is 9.78 Å². The van der Waals surface area contributed by atoms with Gasteiger partial charge in [-0.25, -0.2) is 9.78 Å². The zero-order valence-electron chi connectivity index (χ0n) is 27.8. The van der Waals surface area contributed by atoms with Crippen molar-refractivity contribution in [3.63, 3.8) is 0 Å². The van der Waals surface area contributed by atoms with Gasteiger partial charge in [0.2, 0.25) is 0 Å². The number of nitrogens with zero attached hydrogens (tertiary/aromatic N) is 4. The number of carbonyl (C=O) groups is 2. The molecule has 6 rings (SSSR count). The van der Waals surface area contributed by atoms with Crippen LogP contribution >= 0.6 is 0 Å². The molecule has 1 aliphatic carbocycles. The van der Waals surface area contributed by atoms with Gasteiger partial charge in [0.15, 0.2) is 0 Å². The normalized spacial score (nSPS) is 16.7. The summed E-state index contributed by atoms with van der Waals surface area (Å²) in [6, 6.07) is 10.2. The van der Waals surface area contributed by atoms with Crippen molar-refractivity contribution in [1.29, 1.82) is 10.5 Å². The second-order valence-electron chi connectivity index (χ2n) is 12.5. The Kier molecular flexibility index (Phi) is 8.36. The second kappa shape index (κ2) is 12.5. The number of rotatable bonds is 6. The van der Waals surface area contributed by atoms with Crippen molar-refractivity contribution >= 4 is 51.2 Å². The summed E-state index contributed by atoms with van der Waals surface area (Å²) in [4.78, 5) is 41.4. The Morgan fingerprint density at radius 3 is 2.42 bits per heavy atom. The number of carbonyl (C=O) groups excluding carboxylic acids is 1. The van der Waals surface area contributed by atoms with E-state index in [4.69, 9.17) is 14.7 Å². The van der Waals surface area contributed by atoms with E-state index in [-0.39, 0.29) is 29.8 Å². The molecule has 5 heterocycles. The van der Waals surface area contributed by atoms with Crippen LogP contribution in [0.5, 0.6) is 0 Å². The lowest BCUT2D eigenvalue weighted by atomic mass is 9.85. The number of allylic oxidation sites excluding steroid dienone is 4. The van der Waals surface area contributed by atoms with Crippen molar-refractivity contribution in [1.82, 2.24) is 19.9 Å². The molecule has 3 aromatic heterocycles. The van der Waals surface area contributed by atoms with E-state index in [9.17, 15) is 25.2 Å². The van der Waals surface area contributed by atoms with E-state index in [2.05, 4.69) is 42.9 Å². The molecule has 0 saturated carbocycles. The summed E-state index contributed by atoms with van der Waals surface area (Å²) >= 11 is 0. The lowest BCUT2D eigenvalue weighted by Crippen LogP contribution is -2.09. The van der Waals surface area contributed by atoms with Crippen molar-refractivity contribution in [3.05, 3.63) is 86.0 Å². The first-order valence-electron chi connectivity index (χ1n) is 16.0. The van der Waals surface area contributed by atoms with E-state index in [0.717, 1.165) is 90.6 Å². The first-order chi connectivity index (χ1) is 23.0.